The molecule has 0 amide bonds. The Balaban J connectivity index is 1.71. The van der Waals surface area contributed by atoms with E-state index in [-0.39, 0.29) is 5.41 Å². The van der Waals surface area contributed by atoms with E-state index >= 15 is 0 Å². The summed E-state index contributed by atoms with van der Waals surface area (Å²) in [5.74, 6) is 3.43. The van der Waals surface area contributed by atoms with Crippen LogP contribution in [0.25, 0.3) is 0 Å². The van der Waals surface area contributed by atoms with E-state index in [1.165, 1.54) is 24.8 Å². The van der Waals surface area contributed by atoms with Crippen molar-refractivity contribution in [2.45, 2.75) is 72.1 Å². The number of allylic oxidation sites excluding steroid dienone is 2. The molecule has 126 valence electrons. The second-order valence-corrected chi connectivity index (χ2v) is 9.19. The molecule has 0 radical (unpaired) electrons. The lowest BCUT2D eigenvalue weighted by Crippen LogP contribution is -2.53. The molecule has 6 atom stereocenters. The van der Waals surface area contributed by atoms with E-state index in [1.807, 2.05) is 0 Å². The number of hydrogen-bond donors (Lipinski definition) is 0. The molecule has 23 heavy (non-hydrogen) atoms. The average Bonchev–Trinajstić information content (AvgIpc) is 2.79. The van der Waals surface area contributed by atoms with Crippen LogP contribution in [-0.2, 0) is 9.59 Å². The molecule has 2 heteroatoms. The molecule has 0 heterocycles. The van der Waals surface area contributed by atoms with Gasteiger partial charge in [0.25, 0.3) is 0 Å². The van der Waals surface area contributed by atoms with E-state index < -0.39 is 0 Å². The maximum absolute atomic E-state index is 12.7. The minimum Gasteiger partial charge on any atom is -0.300 e. The smallest absolute Gasteiger partial charge is 0.143 e. The maximum Gasteiger partial charge on any atom is 0.143 e. The number of Topliss-reactive ketones (excluding diaryl/α,β-unsaturated/α-hetero) is 2. The van der Waals surface area contributed by atoms with Gasteiger partial charge < -0.3 is 0 Å². The summed E-state index contributed by atoms with van der Waals surface area (Å²) in [5.41, 5.74) is 1.65. The van der Waals surface area contributed by atoms with E-state index in [1.54, 1.807) is 0 Å². The molecule has 0 spiro atoms. The van der Waals surface area contributed by atoms with Crippen molar-refractivity contribution in [1.29, 1.82) is 0 Å². The summed E-state index contributed by atoms with van der Waals surface area (Å²) in [6, 6.07) is 0. The van der Waals surface area contributed by atoms with Crippen molar-refractivity contribution in [2.24, 2.45) is 34.5 Å². The van der Waals surface area contributed by atoms with Crippen molar-refractivity contribution in [1.82, 2.24) is 0 Å². The first-order chi connectivity index (χ1) is 10.9. The maximum atomic E-state index is 12.7. The number of ketones is 2. The fraction of sp³-hybridized carbons (Fsp3) is 0.810. The van der Waals surface area contributed by atoms with Crippen molar-refractivity contribution in [2.75, 3.05) is 0 Å². The third-order valence-corrected chi connectivity index (χ3v) is 8.42. The highest BCUT2D eigenvalue weighted by molar-refractivity contribution is 5.91. The molecular weight excluding hydrogens is 284 g/mol. The molecule has 0 aromatic rings. The third kappa shape index (κ3) is 1.99. The third-order valence-electron chi connectivity index (χ3n) is 8.42. The van der Waals surface area contributed by atoms with Crippen molar-refractivity contribution >= 4 is 11.6 Å². The van der Waals surface area contributed by atoms with Gasteiger partial charge in [-0.2, -0.15) is 0 Å². The standard InChI is InChI=1S/C21H30O2/c1-4-13-11-18(23)21(3)10-8-17-16(19(13)21)6-5-14-12-15(22)7-9-20(14,17)2/h4,14,16-17,19H,5-12H2,1-3H3/t14-,16+,17-,19-,20-,21+/m0/s1. The molecule has 0 bridgehead atoms. The Morgan fingerprint density at radius 3 is 2.61 bits per heavy atom. The molecule has 4 fully saturated rings. The van der Waals surface area contributed by atoms with E-state index in [0.29, 0.717) is 47.1 Å². The van der Waals surface area contributed by atoms with E-state index in [0.717, 1.165) is 25.7 Å². The van der Waals surface area contributed by atoms with Crippen LogP contribution in [0, 0.1) is 34.5 Å². The van der Waals surface area contributed by atoms with Crippen molar-refractivity contribution in [3.8, 4) is 0 Å². The Labute approximate surface area is 140 Å². The van der Waals surface area contributed by atoms with Crippen LogP contribution < -0.4 is 0 Å². The van der Waals surface area contributed by atoms with Crippen LogP contribution in [-0.4, -0.2) is 11.6 Å². The van der Waals surface area contributed by atoms with Crippen LogP contribution in [0.4, 0.5) is 0 Å². The molecule has 4 aliphatic rings. The molecule has 0 unspecified atom stereocenters. The van der Waals surface area contributed by atoms with E-state index in [9.17, 15) is 9.59 Å². The molecule has 4 aliphatic carbocycles. The van der Waals surface area contributed by atoms with Gasteiger partial charge >= 0.3 is 0 Å². The van der Waals surface area contributed by atoms with Gasteiger partial charge in [0, 0.05) is 24.7 Å². The number of carbonyl (C=O) groups excluding carboxylic acids is 2. The van der Waals surface area contributed by atoms with Crippen LogP contribution >= 0.6 is 0 Å². The number of hydrogen-bond acceptors (Lipinski definition) is 2. The fourth-order valence-corrected chi connectivity index (χ4v) is 7.03. The molecule has 4 saturated carbocycles. The van der Waals surface area contributed by atoms with Crippen LogP contribution in [0.15, 0.2) is 11.6 Å². The van der Waals surface area contributed by atoms with Crippen LogP contribution in [0.5, 0.6) is 0 Å². The van der Waals surface area contributed by atoms with E-state index in [4.69, 9.17) is 0 Å². The summed E-state index contributed by atoms with van der Waals surface area (Å²) in [6.07, 6.45) is 10.3. The first kappa shape index (κ1) is 15.6. The molecular formula is C21H30O2. The lowest BCUT2D eigenvalue weighted by Gasteiger charge is -2.59. The minimum absolute atomic E-state index is 0.101. The summed E-state index contributed by atoms with van der Waals surface area (Å²) in [6.45, 7) is 6.83. The molecule has 4 rings (SSSR count). The number of fused-ring (bicyclic) bond motifs is 5. The Bertz CT molecular complexity index is 589. The van der Waals surface area contributed by atoms with Gasteiger partial charge in [0.05, 0.1) is 0 Å². The SMILES string of the molecule is CC=C1CC(=O)[C@@]2(C)CC[C@H]3[C@@H](CC[C@H]4CC(=O)CC[C@@]43C)[C@H]12. The summed E-state index contributed by atoms with van der Waals surface area (Å²) >= 11 is 0. The van der Waals surface area contributed by atoms with Gasteiger partial charge in [-0.3, -0.25) is 9.59 Å². The quantitative estimate of drug-likeness (QED) is 0.606. The highest BCUT2D eigenvalue weighted by Crippen LogP contribution is 2.66. The van der Waals surface area contributed by atoms with Gasteiger partial charge in [-0.1, -0.05) is 25.5 Å². The summed E-state index contributed by atoms with van der Waals surface area (Å²) in [7, 11) is 0. The average molecular weight is 314 g/mol. The summed E-state index contributed by atoms with van der Waals surface area (Å²) in [5, 5.41) is 0. The first-order valence-electron chi connectivity index (χ1n) is 9.60. The van der Waals surface area contributed by atoms with Crippen molar-refractivity contribution < 1.29 is 9.59 Å². The highest BCUT2D eigenvalue weighted by atomic mass is 16.1. The second-order valence-electron chi connectivity index (χ2n) is 9.19. The van der Waals surface area contributed by atoms with Crippen molar-refractivity contribution in [3.05, 3.63) is 11.6 Å². The Morgan fingerprint density at radius 2 is 1.87 bits per heavy atom. The first-order valence-corrected chi connectivity index (χ1v) is 9.60. The van der Waals surface area contributed by atoms with Gasteiger partial charge in [0.15, 0.2) is 0 Å². The predicted molar refractivity (Wildman–Crippen MR) is 90.9 cm³/mol. The minimum atomic E-state index is -0.101. The zero-order chi connectivity index (χ0) is 16.4. The monoisotopic (exact) mass is 314 g/mol. The Kier molecular flexibility index (Phi) is 3.42. The lowest BCUT2D eigenvalue weighted by atomic mass is 9.45. The Morgan fingerprint density at radius 1 is 1.09 bits per heavy atom. The topological polar surface area (TPSA) is 34.1 Å². The van der Waals surface area contributed by atoms with Crippen LogP contribution in [0.2, 0.25) is 0 Å². The second kappa shape index (κ2) is 5.04. The predicted octanol–water partition coefficient (Wildman–Crippen LogP) is 4.72. The van der Waals surface area contributed by atoms with Gasteiger partial charge in [-0.05, 0) is 68.1 Å². The molecule has 0 aromatic carbocycles. The highest BCUT2D eigenvalue weighted by Gasteiger charge is 2.61. The Hall–Kier alpha value is -0.920. The number of carbonyl (C=O) groups is 2. The van der Waals surface area contributed by atoms with Gasteiger partial charge in [0.1, 0.15) is 11.6 Å². The lowest BCUT2D eigenvalue weighted by molar-refractivity contribution is -0.142. The van der Waals surface area contributed by atoms with Crippen LogP contribution in [0.1, 0.15) is 72.1 Å². The largest absolute Gasteiger partial charge is 0.300 e. The number of rotatable bonds is 0. The molecule has 0 N–H and O–H groups in total. The molecule has 0 aliphatic heterocycles. The zero-order valence-electron chi connectivity index (χ0n) is 14.9. The van der Waals surface area contributed by atoms with Gasteiger partial charge in [0.2, 0.25) is 0 Å². The van der Waals surface area contributed by atoms with Gasteiger partial charge in [-0.15, -0.1) is 0 Å². The van der Waals surface area contributed by atoms with Crippen LogP contribution in [0.3, 0.4) is 0 Å². The van der Waals surface area contributed by atoms with Gasteiger partial charge in [-0.25, -0.2) is 0 Å². The molecule has 0 saturated heterocycles. The fourth-order valence-electron chi connectivity index (χ4n) is 7.03. The molecule has 2 nitrogen and oxygen atoms in total. The van der Waals surface area contributed by atoms with Crippen molar-refractivity contribution in [3.63, 3.8) is 0 Å². The molecule has 0 aromatic heterocycles. The zero-order valence-corrected chi connectivity index (χ0v) is 14.9. The summed E-state index contributed by atoms with van der Waals surface area (Å²) < 4.78 is 0. The summed E-state index contributed by atoms with van der Waals surface area (Å²) in [4.78, 5) is 24.6. The normalized spacial score (nSPS) is 51.3. The van der Waals surface area contributed by atoms with E-state index in [2.05, 4.69) is 26.8 Å².